The van der Waals surface area contributed by atoms with Gasteiger partial charge < -0.3 is 41.2 Å². The molecule has 1 amide bonds. The van der Waals surface area contributed by atoms with Crippen LogP contribution in [0.1, 0.15) is 139 Å². The molecule has 0 saturated carbocycles. The Morgan fingerprint density at radius 1 is 0.750 bits per heavy atom. The summed E-state index contributed by atoms with van der Waals surface area (Å²) in [4.78, 5) is 65.2. The zero-order chi connectivity index (χ0) is 64.1. The standard InChI is InChI=1S/C32H32F4N4O4.C12H14BrFO2.C12H13F4NO2.C4H11N/c1-6-17(3)38-20-12-16(2)26(24(33)15-20)29(41)39-25(31(43)44)14-19-9-10-22(28-21(19)8-7-11-37-28)27-23(32(34,35)36)13-18(4)40(5)30(27)42;1-7-5-8(13)6-9(14)10(7)11(15)16-12(2,3)4;1-3-9(12(14,15)16)17-7-4-6(2)10(11(18)19)8(13)5-7;1-3-4(2)5/h7-13,15,17,25,38H,6,14H2,1-5H3,(H,39,41)(H,43,44);5-6H,1-4H3;4-5,9,17H,3H2,1-2H3,(H,18,19);4H,3,5H2,1-2H3/t17-,25-;;9-;4-/m0.10/s1. The van der Waals surface area contributed by atoms with Crippen molar-refractivity contribution in [2.24, 2.45) is 12.8 Å². The van der Waals surface area contributed by atoms with Gasteiger partial charge in [0.05, 0.1) is 33.3 Å². The molecule has 0 saturated heterocycles. The third-order valence-corrected chi connectivity index (χ3v) is 13.3. The predicted octanol–water partition coefficient (Wildman–Crippen LogP) is 14.2. The first-order valence-corrected chi connectivity index (χ1v) is 27.1. The highest BCUT2D eigenvalue weighted by Crippen LogP contribution is 2.39. The van der Waals surface area contributed by atoms with E-state index >= 15 is 4.39 Å². The fourth-order valence-corrected chi connectivity index (χ4v) is 8.62. The Balaban J connectivity index is 0.000000377. The number of benzene rings is 4. The molecule has 458 valence electrons. The van der Waals surface area contributed by atoms with Crippen LogP contribution in [0.25, 0.3) is 22.0 Å². The van der Waals surface area contributed by atoms with E-state index in [2.05, 4.69) is 43.8 Å². The van der Waals surface area contributed by atoms with Gasteiger partial charge in [0.1, 0.15) is 35.1 Å². The van der Waals surface area contributed by atoms with E-state index in [4.69, 9.17) is 15.6 Å². The molecule has 2 heterocycles. The number of fused-ring (bicyclic) bond motifs is 1. The van der Waals surface area contributed by atoms with Gasteiger partial charge in [0.25, 0.3) is 11.5 Å². The average molecular weight is 1250 g/mol. The summed E-state index contributed by atoms with van der Waals surface area (Å²) in [6.07, 6.45) is -6.57. The molecule has 0 aliphatic carbocycles. The SMILES string of the molecule is CC[C@@H](Nc1cc(C)c(C(=O)O)c(F)c1)C(F)(F)F.CC[C@H](C)N.CC[C@H](C)Nc1cc(C)c(C(=O)N[C@@H](Cc2ccc(-c3c(C(F)(F)F)cc(C)n(C)c3=O)c3ncccc23)C(=O)O)c(F)c1.Cc1cc(Br)cc(F)c1C(=O)OC(C)(C)C. The Hall–Kier alpha value is -7.47. The van der Waals surface area contributed by atoms with Crippen molar-refractivity contribution in [2.75, 3.05) is 10.6 Å². The number of carbonyl (C=O) groups is 4. The van der Waals surface area contributed by atoms with Gasteiger partial charge in [-0.25, -0.2) is 27.6 Å². The number of hydrogen-bond acceptors (Lipinski definition) is 10. The maximum absolute atomic E-state index is 15.0. The second-order valence-corrected chi connectivity index (χ2v) is 21.8. The van der Waals surface area contributed by atoms with Gasteiger partial charge in [-0.1, -0.05) is 54.9 Å². The first-order chi connectivity index (χ1) is 38.8. The molecule has 84 heavy (non-hydrogen) atoms. The predicted molar refractivity (Wildman–Crippen MR) is 309 cm³/mol. The number of esters is 1. The molecule has 24 heteroatoms. The Bertz CT molecular complexity index is 3330. The molecular weight excluding hydrogens is 1180 g/mol. The Kier molecular flexibility index (Phi) is 25.2. The van der Waals surface area contributed by atoms with Gasteiger partial charge in [0, 0.05) is 64.2 Å². The van der Waals surface area contributed by atoms with Crippen molar-refractivity contribution >= 4 is 62.0 Å². The molecule has 0 spiro atoms. The van der Waals surface area contributed by atoms with E-state index in [1.165, 1.54) is 77.3 Å². The van der Waals surface area contributed by atoms with Crippen molar-refractivity contribution in [3.63, 3.8) is 0 Å². The fraction of sp³-hybridized carbons (Fsp3) is 0.400. The van der Waals surface area contributed by atoms with E-state index in [1.54, 1.807) is 45.9 Å². The van der Waals surface area contributed by atoms with Crippen LogP contribution in [-0.4, -0.2) is 79.5 Å². The topological polar surface area (TPSA) is 215 Å². The van der Waals surface area contributed by atoms with Crippen LogP contribution in [0.3, 0.4) is 0 Å². The average Bonchev–Trinajstić information content (AvgIpc) is 1.16. The number of carboxylic acids is 2. The number of amides is 1. The summed E-state index contributed by atoms with van der Waals surface area (Å²) in [6.45, 7) is 20.5. The Labute approximate surface area is 489 Å². The van der Waals surface area contributed by atoms with Crippen LogP contribution in [-0.2, 0) is 29.2 Å². The zero-order valence-corrected chi connectivity index (χ0v) is 50.2. The quantitative estimate of drug-likeness (QED) is 0.0418. The number of ether oxygens (including phenoxy) is 1. The summed E-state index contributed by atoms with van der Waals surface area (Å²) >= 11 is 3.17. The molecule has 0 radical (unpaired) electrons. The van der Waals surface area contributed by atoms with Crippen LogP contribution in [0, 0.1) is 45.1 Å². The monoisotopic (exact) mass is 1250 g/mol. The number of alkyl halides is 6. The van der Waals surface area contributed by atoms with Crippen LogP contribution < -0.4 is 27.2 Å². The first-order valence-electron chi connectivity index (χ1n) is 26.3. The zero-order valence-electron chi connectivity index (χ0n) is 48.7. The highest BCUT2D eigenvalue weighted by atomic mass is 79.9. The molecule has 0 unspecified atom stereocenters. The lowest BCUT2D eigenvalue weighted by molar-refractivity contribution is -0.143. The molecule has 4 aromatic carbocycles. The molecule has 0 fully saturated rings. The van der Waals surface area contributed by atoms with Crippen LogP contribution in [0.2, 0.25) is 0 Å². The third kappa shape index (κ3) is 19.6. The maximum Gasteiger partial charge on any atom is 0.417 e. The molecule has 0 bridgehead atoms. The van der Waals surface area contributed by atoms with Crippen molar-refractivity contribution in [3.05, 3.63) is 155 Å². The molecule has 4 atom stereocenters. The summed E-state index contributed by atoms with van der Waals surface area (Å²) in [5.41, 5.74) is 3.02. The Morgan fingerprint density at radius 2 is 1.29 bits per heavy atom. The number of aromatic nitrogens is 2. The number of aliphatic carboxylic acids is 1. The van der Waals surface area contributed by atoms with E-state index in [1.807, 2.05) is 20.8 Å². The van der Waals surface area contributed by atoms with Crippen molar-refractivity contribution in [2.45, 2.75) is 151 Å². The van der Waals surface area contributed by atoms with Crippen molar-refractivity contribution in [1.82, 2.24) is 14.9 Å². The van der Waals surface area contributed by atoms with Gasteiger partial charge in [-0.2, -0.15) is 26.3 Å². The third-order valence-electron chi connectivity index (χ3n) is 12.8. The van der Waals surface area contributed by atoms with Gasteiger partial charge in [0.15, 0.2) is 0 Å². The number of halogens is 10. The number of nitrogens with zero attached hydrogens (tertiary/aromatic N) is 2. The van der Waals surface area contributed by atoms with Crippen molar-refractivity contribution < 1.29 is 73.6 Å². The summed E-state index contributed by atoms with van der Waals surface area (Å²) in [5.74, 6) is -6.87. The van der Waals surface area contributed by atoms with Crippen LogP contribution >= 0.6 is 15.9 Å². The maximum atomic E-state index is 15.0. The second kappa shape index (κ2) is 29.9. The number of rotatable bonds is 15. The second-order valence-electron chi connectivity index (χ2n) is 20.8. The highest BCUT2D eigenvalue weighted by Gasteiger charge is 2.39. The Morgan fingerprint density at radius 3 is 1.75 bits per heavy atom. The molecular formula is C60H70BrF9N6O8. The minimum absolute atomic E-state index is 0.00174. The smallest absolute Gasteiger partial charge is 0.417 e. The number of aryl methyl sites for hydroxylation is 4. The molecule has 2 aromatic heterocycles. The van der Waals surface area contributed by atoms with Gasteiger partial charge in [-0.3, -0.25) is 14.6 Å². The molecule has 6 rings (SSSR count). The van der Waals surface area contributed by atoms with Gasteiger partial charge in [-0.05, 0) is 152 Å². The lowest BCUT2D eigenvalue weighted by Gasteiger charge is -2.21. The van der Waals surface area contributed by atoms with E-state index in [9.17, 15) is 64.2 Å². The molecule has 0 aliphatic heterocycles. The van der Waals surface area contributed by atoms with Gasteiger partial charge in [0.2, 0.25) is 0 Å². The van der Waals surface area contributed by atoms with Crippen LogP contribution in [0.15, 0.2) is 82.2 Å². The number of pyridine rings is 2. The minimum atomic E-state index is -4.83. The van der Waals surface area contributed by atoms with Gasteiger partial charge in [-0.15, -0.1) is 0 Å². The van der Waals surface area contributed by atoms with E-state index in [0.717, 1.165) is 29.5 Å². The van der Waals surface area contributed by atoms with Crippen molar-refractivity contribution in [3.8, 4) is 11.1 Å². The first kappa shape index (κ1) is 70.8. The van der Waals surface area contributed by atoms with Crippen molar-refractivity contribution in [1.29, 1.82) is 0 Å². The van der Waals surface area contributed by atoms with Gasteiger partial charge >= 0.3 is 30.3 Å². The summed E-state index contributed by atoms with van der Waals surface area (Å²) in [6, 6.07) is 11.4. The molecule has 6 aromatic rings. The number of aromatic carboxylic acids is 1. The largest absolute Gasteiger partial charge is 0.480 e. The molecule has 0 aliphatic rings. The molecule has 14 nitrogen and oxygen atoms in total. The number of nitrogens with two attached hydrogens (primary N) is 1. The summed E-state index contributed by atoms with van der Waals surface area (Å²) in [5, 5.41) is 26.7. The number of nitrogens with one attached hydrogen (secondary N) is 3. The number of hydrogen-bond donors (Lipinski definition) is 6. The van der Waals surface area contributed by atoms with Crippen LogP contribution in [0.5, 0.6) is 0 Å². The fourth-order valence-electron chi connectivity index (χ4n) is 8.07. The highest BCUT2D eigenvalue weighted by molar-refractivity contribution is 9.10. The van der Waals surface area contributed by atoms with E-state index in [-0.39, 0.29) is 58.0 Å². The van der Waals surface area contributed by atoms with Crippen LogP contribution in [0.4, 0.5) is 50.9 Å². The normalized spacial score (nSPS) is 12.9. The minimum Gasteiger partial charge on any atom is -0.480 e. The lowest BCUT2D eigenvalue weighted by atomic mass is 9.93. The number of carboxylic acid groups (broad SMARTS) is 2. The molecule has 7 N–H and O–H groups in total. The van der Waals surface area contributed by atoms with E-state index in [0.29, 0.717) is 38.3 Å². The summed E-state index contributed by atoms with van der Waals surface area (Å²) in [7, 11) is 1.37. The number of anilines is 2. The van der Waals surface area contributed by atoms with E-state index < -0.39 is 93.6 Å². The lowest BCUT2D eigenvalue weighted by Crippen LogP contribution is -2.43. The summed E-state index contributed by atoms with van der Waals surface area (Å²) < 4.78 is 129. The number of carbonyl (C=O) groups excluding carboxylic acids is 2.